The molecule has 0 unspecified atom stereocenters. The van der Waals surface area contributed by atoms with Crippen LogP contribution in [0.15, 0.2) is 0 Å². The van der Waals surface area contributed by atoms with Crippen LogP contribution in [0.3, 0.4) is 0 Å². The highest BCUT2D eigenvalue weighted by molar-refractivity contribution is 5.69. The quantitative estimate of drug-likeness (QED) is 0.419. The van der Waals surface area contributed by atoms with Gasteiger partial charge in [-0.1, -0.05) is 32.1 Å². The number of rotatable bonds is 8. The van der Waals surface area contributed by atoms with Gasteiger partial charge in [-0.3, -0.25) is 4.79 Å². The molecule has 0 aromatic heterocycles. The van der Waals surface area contributed by atoms with E-state index in [0.717, 1.165) is 32.1 Å². The van der Waals surface area contributed by atoms with E-state index in [4.69, 9.17) is 0 Å². The van der Waals surface area contributed by atoms with E-state index in [-0.39, 0.29) is 6.42 Å². The second-order valence-electron chi connectivity index (χ2n) is 6.21. The van der Waals surface area contributed by atoms with Crippen LogP contribution in [0.5, 0.6) is 0 Å². The van der Waals surface area contributed by atoms with Crippen molar-refractivity contribution in [2.24, 2.45) is 5.92 Å². The van der Waals surface area contributed by atoms with Gasteiger partial charge in [0.1, 0.15) is 6.42 Å². The standard InChI is InChI=1S/C15H21F7O2/c16-13(17,14(18,19)10-15(20,21)22)8-9-24-12(23)7-6-11-4-2-1-3-5-11/h11H,1-10H2. The summed E-state index contributed by atoms with van der Waals surface area (Å²) in [6.07, 6.45) is -4.20. The van der Waals surface area contributed by atoms with Gasteiger partial charge >= 0.3 is 24.0 Å². The summed E-state index contributed by atoms with van der Waals surface area (Å²) in [6.45, 7) is -1.04. The zero-order valence-corrected chi connectivity index (χ0v) is 13.1. The van der Waals surface area contributed by atoms with Crippen molar-refractivity contribution in [3.8, 4) is 0 Å². The lowest BCUT2D eigenvalue weighted by Gasteiger charge is -2.27. The van der Waals surface area contributed by atoms with Crippen molar-refractivity contribution in [2.45, 2.75) is 75.8 Å². The van der Waals surface area contributed by atoms with Crippen LogP contribution >= 0.6 is 0 Å². The van der Waals surface area contributed by atoms with Crippen LogP contribution in [0.2, 0.25) is 0 Å². The number of hydrogen-bond donors (Lipinski definition) is 0. The Morgan fingerprint density at radius 1 is 0.917 bits per heavy atom. The smallest absolute Gasteiger partial charge is 0.395 e. The molecule has 24 heavy (non-hydrogen) atoms. The number of ether oxygens (including phenoxy) is 1. The molecule has 0 N–H and O–H groups in total. The summed E-state index contributed by atoms with van der Waals surface area (Å²) in [6, 6.07) is 0. The minimum atomic E-state index is -5.41. The highest BCUT2D eigenvalue weighted by atomic mass is 19.4. The maximum atomic E-state index is 13.2. The molecule has 0 radical (unpaired) electrons. The molecule has 9 heteroatoms. The molecule has 0 saturated heterocycles. The van der Waals surface area contributed by atoms with Gasteiger partial charge < -0.3 is 4.74 Å². The fraction of sp³-hybridized carbons (Fsp3) is 0.933. The van der Waals surface area contributed by atoms with E-state index < -0.39 is 43.4 Å². The second-order valence-corrected chi connectivity index (χ2v) is 6.21. The molecule has 0 aromatic carbocycles. The first-order chi connectivity index (χ1) is 10.9. The van der Waals surface area contributed by atoms with Crippen molar-refractivity contribution in [3.05, 3.63) is 0 Å². The topological polar surface area (TPSA) is 26.3 Å². The summed E-state index contributed by atoms with van der Waals surface area (Å²) >= 11 is 0. The first-order valence-corrected chi connectivity index (χ1v) is 7.91. The Bertz CT molecular complexity index is 401. The first-order valence-electron chi connectivity index (χ1n) is 7.91. The lowest BCUT2D eigenvalue weighted by Crippen LogP contribution is -2.44. The number of carbonyl (C=O) groups is 1. The van der Waals surface area contributed by atoms with Crippen molar-refractivity contribution in [1.82, 2.24) is 0 Å². The highest BCUT2D eigenvalue weighted by Crippen LogP contribution is 2.44. The van der Waals surface area contributed by atoms with Gasteiger partial charge in [-0.05, 0) is 12.3 Å². The molecule has 0 aliphatic heterocycles. The van der Waals surface area contributed by atoms with Crippen LogP contribution in [0, 0.1) is 5.92 Å². The lowest BCUT2D eigenvalue weighted by atomic mass is 9.86. The molecule has 142 valence electrons. The molecule has 0 spiro atoms. The number of alkyl halides is 7. The average Bonchev–Trinajstić information content (AvgIpc) is 2.43. The second kappa shape index (κ2) is 8.38. The van der Waals surface area contributed by atoms with Crippen LogP contribution in [0.25, 0.3) is 0 Å². The van der Waals surface area contributed by atoms with E-state index in [9.17, 15) is 35.5 Å². The number of halogens is 7. The number of carbonyl (C=O) groups excluding carboxylic acids is 1. The lowest BCUT2D eigenvalue weighted by molar-refractivity contribution is -0.267. The molecule has 0 atom stereocenters. The first kappa shape index (κ1) is 21.0. The van der Waals surface area contributed by atoms with Gasteiger partial charge in [-0.25, -0.2) is 0 Å². The SMILES string of the molecule is O=C(CCC1CCCCC1)OCCC(F)(F)C(F)(F)CC(F)(F)F. The third-order valence-electron chi connectivity index (χ3n) is 4.12. The summed E-state index contributed by atoms with van der Waals surface area (Å²) < 4.78 is 92.6. The normalized spacial score (nSPS) is 17.8. The Morgan fingerprint density at radius 2 is 1.50 bits per heavy atom. The number of hydrogen-bond acceptors (Lipinski definition) is 2. The average molecular weight is 366 g/mol. The molecule has 1 rings (SSSR count). The fourth-order valence-corrected chi connectivity index (χ4v) is 2.73. The molecule has 1 fully saturated rings. The summed E-state index contributed by atoms with van der Waals surface area (Å²) in [5.41, 5.74) is 0. The maximum Gasteiger partial charge on any atom is 0.395 e. The molecule has 0 aromatic rings. The van der Waals surface area contributed by atoms with E-state index in [1.807, 2.05) is 0 Å². The van der Waals surface area contributed by atoms with Crippen molar-refractivity contribution < 1.29 is 40.3 Å². The summed E-state index contributed by atoms with van der Waals surface area (Å²) in [5.74, 6) is -10.6. The minimum Gasteiger partial charge on any atom is -0.465 e. The Hall–Kier alpha value is -1.02. The van der Waals surface area contributed by atoms with Crippen LogP contribution in [0.4, 0.5) is 30.7 Å². The monoisotopic (exact) mass is 366 g/mol. The Balaban J connectivity index is 2.32. The zero-order valence-electron chi connectivity index (χ0n) is 13.1. The van der Waals surface area contributed by atoms with Crippen molar-refractivity contribution in [1.29, 1.82) is 0 Å². The van der Waals surface area contributed by atoms with Gasteiger partial charge in [-0.2, -0.15) is 30.7 Å². The van der Waals surface area contributed by atoms with Gasteiger partial charge in [0, 0.05) is 6.42 Å². The molecule has 1 aliphatic carbocycles. The van der Waals surface area contributed by atoms with Crippen molar-refractivity contribution in [3.63, 3.8) is 0 Å². The molecule has 1 aliphatic rings. The molecule has 0 bridgehead atoms. The van der Waals surface area contributed by atoms with E-state index >= 15 is 0 Å². The van der Waals surface area contributed by atoms with Gasteiger partial charge in [-0.15, -0.1) is 0 Å². The Morgan fingerprint density at radius 3 is 2.04 bits per heavy atom. The van der Waals surface area contributed by atoms with Crippen molar-refractivity contribution >= 4 is 5.97 Å². The predicted octanol–water partition coefficient (Wildman–Crippen LogP) is 5.50. The van der Waals surface area contributed by atoms with E-state index in [1.165, 1.54) is 0 Å². The van der Waals surface area contributed by atoms with E-state index in [2.05, 4.69) is 4.74 Å². The highest BCUT2D eigenvalue weighted by Gasteiger charge is 2.60. The number of esters is 1. The van der Waals surface area contributed by atoms with Gasteiger partial charge in [0.15, 0.2) is 0 Å². The summed E-state index contributed by atoms with van der Waals surface area (Å²) in [4.78, 5) is 11.4. The molecular weight excluding hydrogens is 345 g/mol. The fourth-order valence-electron chi connectivity index (χ4n) is 2.73. The van der Waals surface area contributed by atoms with E-state index in [1.54, 1.807) is 0 Å². The summed E-state index contributed by atoms with van der Waals surface area (Å²) in [5, 5.41) is 0. The van der Waals surface area contributed by atoms with E-state index in [0.29, 0.717) is 12.3 Å². The zero-order chi connectivity index (χ0) is 18.4. The van der Waals surface area contributed by atoms with Crippen LogP contribution in [-0.4, -0.2) is 30.6 Å². The van der Waals surface area contributed by atoms with Gasteiger partial charge in [0.2, 0.25) is 0 Å². The molecular formula is C15H21F7O2. The minimum absolute atomic E-state index is 0.00478. The Labute approximate surface area is 135 Å². The molecule has 2 nitrogen and oxygen atoms in total. The summed E-state index contributed by atoms with van der Waals surface area (Å²) in [7, 11) is 0. The molecule has 0 heterocycles. The van der Waals surface area contributed by atoms with Crippen LogP contribution in [0.1, 0.15) is 57.8 Å². The molecule has 1 saturated carbocycles. The predicted molar refractivity (Wildman–Crippen MR) is 72.0 cm³/mol. The third-order valence-corrected chi connectivity index (χ3v) is 4.12. The van der Waals surface area contributed by atoms with Crippen LogP contribution in [-0.2, 0) is 9.53 Å². The van der Waals surface area contributed by atoms with Gasteiger partial charge in [0.05, 0.1) is 13.0 Å². The Kier molecular flexibility index (Phi) is 7.34. The largest absolute Gasteiger partial charge is 0.465 e. The maximum absolute atomic E-state index is 13.2. The third kappa shape index (κ3) is 7.25. The van der Waals surface area contributed by atoms with Crippen molar-refractivity contribution in [2.75, 3.05) is 6.61 Å². The molecule has 0 amide bonds. The van der Waals surface area contributed by atoms with Gasteiger partial charge in [0.25, 0.3) is 0 Å². The van der Waals surface area contributed by atoms with Crippen LogP contribution < -0.4 is 0 Å².